The molecule has 4 N–H and O–H groups in total. The average Bonchev–Trinajstić information content (AvgIpc) is 4.22. The molecule has 1 aliphatic heterocycles. The Kier molecular flexibility index (Phi) is 26.2. The standard InChI is InChI=1S/C62H91N9O10/c1-46-20-18-22-55(65-46)71(61(79)52-27-26-51(80-4)39-54(52)69-35-29-47(30-36-69)44-81-57-38-49(28-33-64-57)53(40-58(73)74)48-24-25-48)45-62(2,3)31-37-70-41-50(66-67-70)21-16-14-12-10-8-6-5-7-9-11-13-15-17-23-56(72)63-32-19-34-68(42-59(75)76)43-60(77)78/h18,20,22,26-28,33,38-39,41,47-48,53H,5-17,19,21,23-25,29-32,34-37,40,42-45H2,1-4H3,(H,63,72)(H,73,74)(H,75,76)(H,77,78)/t53-/m0/s1. The third kappa shape index (κ3) is 23.0. The van der Waals surface area contributed by atoms with Crippen LogP contribution in [0.4, 0.5) is 11.5 Å². The van der Waals surface area contributed by atoms with Gasteiger partial charge in [-0.25, -0.2) is 9.97 Å². The lowest BCUT2D eigenvalue weighted by Crippen LogP contribution is -2.42. The number of anilines is 2. The van der Waals surface area contributed by atoms with Crippen LogP contribution in [0.2, 0.25) is 0 Å². The molecule has 1 saturated heterocycles. The van der Waals surface area contributed by atoms with Gasteiger partial charge in [0.25, 0.3) is 5.91 Å². The number of carbonyl (C=O) groups excluding carboxylic acids is 2. The second-order valence-corrected chi connectivity index (χ2v) is 23.3. The number of pyridine rings is 2. The molecule has 0 unspecified atom stereocenters. The van der Waals surface area contributed by atoms with Crippen molar-refractivity contribution in [3.63, 3.8) is 0 Å². The molecule has 19 nitrogen and oxygen atoms in total. The number of rotatable bonds is 40. The molecular formula is C62H91N9O10. The van der Waals surface area contributed by atoms with Gasteiger partial charge in [-0.05, 0) is 124 Å². The molecule has 3 aromatic heterocycles. The highest BCUT2D eigenvalue weighted by molar-refractivity contribution is 6.09. The number of aryl methyl sites for hydroxylation is 3. The van der Waals surface area contributed by atoms with Crippen LogP contribution >= 0.6 is 0 Å². The van der Waals surface area contributed by atoms with Crippen molar-refractivity contribution in [2.45, 2.75) is 174 Å². The fourth-order valence-electron chi connectivity index (χ4n) is 10.9. The molecule has 19 heteroatoms. The van der Waals surface area contributed by atoms with E-state index in [4.69, 9.17) is 24.7 Å². The molecule has 6 rings (SSSR count). The fourth-order valence-corrected chi connectivity index (χ4v) is 10.9. The van der Waals surface area contributed by atoms with E-state index in [0.717, 1.165) is 99.9 Å². The van der Waals surface area contributed by atoms with Crippen LogP contribution in [-0.4, -0.2) is 134 Å². The van der Waals surface area contributed by atoms with Crippen LogP contribution in [0.3, 0.4) is 0 Å². The number of carbonyl (C=O) groups is 5. The minimum absolute atomic E-state index is 0.0161. The predicted molar refractivity (Wildman–Crippen MR) is 312 cm³/mol. The number of aromatic nitrogens is 5. The number of hydrogen-bond donors (Lipinski definition) is 4. The molecule has 1 aliphatic carbocycles. The largest absolute Gasteiger partial charge is 0.497 e. The van der Waals surface area contributed by atoms with Gasteiger partial charge in [-0.1, -0.05) is 95.8 Å². The minimum atomic E-state index is -1.07. The van der Waals surface area contributed by atoms with E-state index in [0.29, 0.717) is 74.6 Å². The van der Waals surface area contributed by atoms with Crippen molar-refractivity contribution in [3.8, 4) is 11.6 Å². The summed E-state index contributed by atoms with van der Waals surface area (Å²) in [5.74, 6) is -0.571. The summed E-state index contributed by atoms with van der Waals surface area (Å²) in [7, 11) is 1.64. The van der Waals surface area contributed by atoms with E-state index in [-0.39, 0.29) is 48.6 Å². The number of unbranched alkanes of at least 4 members (excludes halogenated alkanes) is 12. The first kappa shape index (κ1) is 63.6. The number of carboxylic acid groups (broad SMARTS) is 3. The second-order valence-electron chi connectivity index (χ2n) is 23.3. The van der Waals surface area contributed by atoms with E-state index in [1.165, 1.54) is 62.7 Å². The summed E-state index contributed by atoms with van der Waals surface area (Å²) in [6, 6.07) is 15.3. The number of hydrogen-bond acceptors (Lipinski definition) is 13. The smallest absolute Gasteiger partial charge is 0.317 e. The maximum atomic E-state index is 15.0. The molecule has 4 aromatic rings. The van der Waals surface area contributed by atoms with Gasteiger partial charge >= 0.3 is 17.9 Å². The third-order valence-corrected chi connectivity index (χ3v) is 15.7. The quantitative estimate of drug-likeness (QED) is 0.0303. The van der Waals surface area contributed by atoms with Gasteiger partial charge in [0.05, 0.1) is 50.2 Å². The summed E-state index contributed by atoms with van der Waals surface area (Å²) >= 11 is 0. The molecule has 1 saturated carbocycles. The minimum Gasteiger partial charge on any atom is -0.497 e. The lowest BCUT2D eigenvalue weighted by atomic mass is 9.88. The van der Waals surface area contributed by atoms with Crippen LogP contribution in [0.5, 0.6) is 11.6 Å². The number of nitrogens with zero attached hydrogens (tertiary/aromatic N) is 8. The Bertz CT molecular complexity index is 2580. The highest BCUT2D eigenvalue weighted by Crippen LogP contribution is 2.45. The van der Waals surface area contributed by atoms with E-state index < -0.39 is 17.9 Å². The summed E-state index contributed by atoms with van der Waals surface area (Å²) in [4.78, 5) is 75.4. The van der Waals surface area contributed by atoms with Gasteiger partial charge in [0, 0.05) is 75.9 Å². The topological polar surface area (TPSA) is 243 Å². The van der Waals surface area contributed by atoms with Gasteiger partial charge in [-0.3, -0.25) is 38.5 Å². The second kappa shape index (κ2) is 33.3. The zero-order valence-electron chi connectivity index (χ0n) is 48.7. The molecule has 2 aliphatic rings. The molecule has 81 heavy (non-hydrogen) atoms. The van der Waals surface area contributed by atoms with Crippen molar-refractivity contribution < 1.29 is 48.8 Å². The average molecular weight is 1120 g/mol. The summed E-state index contributed by atoms with van der Waals surface area (Å²) in [5.41, 5.74) is 3.93. The number of amides is 2. The molecular weight excluding hydrogens is 1030 g/mol. The molecule has 1 atom stereocenters. The molecule has 0 bridgehead atoms. The first-order chi connectivity index (χ1) is 39.0. The Labute approximate surface area is 479 Å². The molecule has 0 radical (unpaired) electrons. The molecule has 2 fully saturated rings. The molecule has 2 amide bonds. The summed E-state index contributed by atoms with van der Waals surface area (Å²) in [6.07, 6.45) is 25.5. The Balaban J connectivity index is 0.868. The van der Waals surface area contributed by atoms with E-state index >= 15 is 4.79 Å². The lowest BCUT2D eigenvalue weighted by Gasteiger charge is -2.36. The van der Waals surface area contributed by atoms with Crippen LogP contribution in [0.15, 0.2) is 60.9 Å². The molecule has 1 aromatic carbocycles. The van der Waals surface area contributed by atoms with Crippen LogP contribution in [-0.2, 0) is 32.1 Å². The number of carboxylic acids is 3. The number of ether oxygens (including phenoxy) is 2. The highest BCUT2D eigenvalue weighted by atomic mass is 16.5. The van der Waals surface area contributed by atoms with Crippen molar-refractivity contribution in [2.24, 2.45) is 17.3 Å². The van der Waals surface area contributed by atoms with Crippen molar-refractivity contribution in [3.05, 3.63) is 83.4 Å². The zero-order chi connectivity index (χ0) is 58.0. The number of nitrogens with one attached hydrogen (secondary N) is 1. The highest BCUT2D eigenvalue weighted by Gasteiger charge is 2.35. The van der Waals surface area contributed by atoms with E-state index in [1.807, 2.05) is 65.0 Å². The number of benzene rings is 1. The number of piperidine rings is 1. The molecule has 444 valence electrons. The van der Waals surface area contributed by atoms with E-state index in [9.17, 15) is 24.3 Å². The summed E-state index contributed by atoms with van der Waals surface area (Å²) in [5, 5.41) is 39.3. The Morgan fingerprint density at radius 1 is 0.802 bits per heavy atom. The third-order valence-electron chi connectivity index (χ3n) is 15.7. The monoisotopic (exact) mass is 1120 g/mol. The van der Waals surface area contributed by atoms with Crippen LogP contribution < -0.4 is 24.6 Å². The van der Waals surface area contributed by atoms with Gasteiger partial charge in [-0.15, -0.1) is 5.10 Å². The van der Waals surface area contributed by atoms with Gasteiger partial charge in [0.1, 0.15) is 11.6 Å². The van der Waals surface area contributed by atoms with Crippen molar-refractivity contribution in [2.75, 3.05) is 69.3 Å². The van der Waals surface area contributed by atoms with Gasteiger partial charge in [0.2, 0.25) is 11.8 Å². The normalized spacial score (nSPS) is 14.2. The maximum Gasteiger partial charge on any atom is 0.317 e. The Morgan fingerprint density at radius 2 is 1.47 bits per heavy atom. The van der Waals surface area contributed by atoms with Crippen molar-refractivity contribution in [1.82, 2.24) is 35.2 Å². The van der Waals surface area contributed by atoms with E-state index in [2.05, 4.69) is 45.6 Å². The first-order valence-electron chi connectivity index (χ1n) is 29.9. The predicted octanol–water partition coefficient (Wildman–Crippen LogP) is 10.4. The van der Waals surface area contributed by atoms with Crippen molar-refractivity contribution in [1.29, 1.82) is 0 Å². The Morgan fingerprint density at radius 3 is 2.10 bits per heavy atom. The summed E-state index contributed by atoms with van der Waals surface area (Å²) in [6.45, 7) is 9.43. The van der Waals surface area contributed by atoms with Gasteiger partial charge in [-0.2, -0.15) is 0 Å². The van der Waals surface area contributed by atoms with E-state index in [1.54, 1.807) is 13.3 Å². The van der Waals surface area contributed by atoms with Gasteiger partial charge in [0.15, 0.2) is 0 Å². The SMILES string of the molecule is COc1ccc(C(=O)N(CC(C)(C)CCn2cc(CCCCCCCCCCCCCCCC(=O)NCCCN(CC(=O)O)CC(=O)O)nn2)c2cccc(C)n2)c(N2CCC(COc3cc([C@@H](CC(=O)O)C4CC4)ccn3)CC2)c1. The first-order valence-corrected chi connectivity index (χ1v) is 29.9. The fraction of sp³-hybridized carbons (Fsp3) is 0.629. The van der Waals surface area contributed by atoms with Crippen LogP contribution in [0, 0.1) is 24.2 Å². The zero-order valence-corrected chi connectivity index (χ0v) is 48.7. The van der Waals surface area contributed by atoms with Crippen molar-refractivity contribution >= 4 is 41.2 Å². The molecule has 4 heterocycles. The molecule has 0 spiro atoms. The maximum absolute atomic E-state index is 15.0. The van der Waals surface area contributed by atoms with Gasteiger partial charge < -0.3 is 35.0 Å². The van der Waals surface area contributed by atoms with Crippen LogP contribution in [0.25, 0.3) is 0 Å². The Hall–Kier alpha value is -6.63. The lowest BCUT2D eigenvalue weighted by molar-refractivity contribution is -0.142. The number of aliphatic carboxylic acids is 3. The van der Waals surface area contributed by atoms with Crippen LogP contribution in [0.1, 0.15) is 182 Å². The number of methoxy groups -OCH3 is 1. The summed E-state index contributed by atoms with van der Waals surface area (Å²) < 4.78 is 13.9.